The first-order valence-corrected chi connectivity index (χ1v) is 10.9. The number of aromatic hydroxyl groups is 3. The van der Waals surface area contributed by atoms with Gasteiger partial charge < -0.3 is 24.8 Å². The van der Waals surface area contributed by atoms with Crippen molar-refractivity contribution in [3.8, 4) is 17.2 Å². The Bertz CT molecular complexity index is 1340. The standard InChI is InChI=1S/C26H24FNO7/c1-12-23(31)21-14(10-28-12)11-35-26(21)18-8-16(13(2)29)24(32)22(25(18)33)17(9-20(30)34-3)15-6-4-5-7-19(15)27/h4-8,10,17,26,31-33H,9,11H2,1-3H3/t17-,26+/m0/s1. The molecule has 3 aromatic rings. The number of Topliss-reactive ketones (excluding diaryl/α,β-unsaturated/α-hetero) is 1. The third-order valence-electron chi connectivity index (χ3n) is 6.25. The van der Waals surface area contributed by atoms with Gasteiger partial charge >= 0.3 is 5.97 Å². The fraction of sp³-hybridized carbons (Fsp3) is 0.269. The predicted octanol–water partition coefficient (Wildman–Crippen LogP) is 4.16. The van der Waals surface area contributed by atoms with Crippen molar-refractivity contribution in [1.29, 1.82) is 0 Å². The van der Waals surface area contributed by atoms with Crippen LogP contribution in [0.5, 0.6) is 17.2 Å². The molecular weight excluding hydrogens is 457 g/mol. The number of ketones is 1. The summed E-state index contributed by atoms with van der Waals surface area (Å²) in [6.45, 7) is 2.93. The number of carbonyl (C=O) groups is 2. The molecule has 35 heavy (non-hydrogen) atoms. The summed E-state index contributed by atoms with van der Waals surface area (Å²) in [7, 11) is 1.17. The molecule has 0 bridgehead atoms. The van der Waals surface area contributed by atoms with Gasteiger partial charge in [0.25, 0.3) is 0 Å². The average molecular weight is 481 g/mol. The number of hydrogen-bond donors (Lipinski definition) is 3. The molecule has 8 nitrogen and oxygen atoms in total. The van der Waals surface area contributed by atoms with E-state index in [0.29, 0.717) is 16.8 Å². The molecule has 1 aliphatic rings. The number of rotatable bonds is 6. The van der Waals surface area contributed by atoms with E-state index in [-0.39, 0.29) is 34.6 Å². The number of methoxy groups -OCH3 is 1. The van der Waals surface area contributed by atoms with Gasteiger partial charge in [-0.05, 0) is 31.5 Å². The normalized spacial score (nSPS) is 15.5. The number of phenolic OH excluding ortho intramolecular Hbond substituents is 2. The Morgan fingerprint density at radius 1 is 1.20 bits per heavy atom. The van der Waals surface area contributed by atoms with Crippen LogP contribution < -0.4 is 0 Å². The van der Waals surface area contributed by atoms with Gasteiger partial charge in [-0.1, -0.05) is 18.2 Å². The van der Waals surface area contributed by atoms with Crippen LogP contribution in [0.1, 0.15) is 69.2 Å². The first-order chi connectivity index (χ1) is 16.6. The van der Waals surface area contributed by atoms with Gasteiger partial charge in [-0.25, -0.2) is 4.39 Å². The molecule has 0 spiro atoms. The number of aromatic nitrogens is 1. The minimum atomic E-state index is -1.18. The fourth-order valence-electron chi connectivity index (χ4n) is 4.44. The lowest BCUT2D eigenvalue weighted by atomic mass is 9.82. The lowest BCUT2D eigenvalue weighted by molar-refractivity contribution is -0.140. The smallest absolute Gasteiger partial charge is 0.306 e. The molecule has 0 saturated carbocycles. The van der Waals surface area contributed by atoms with Gasteiger partial charge in [-0.2, -0.15) is 0 Å². The summed E-state index contributed by atoms with van der Waals surface area (Å²) in [6.07, 6.45) is 0.132. The highest BCUT2D eigenvalue weighted by Gasteiger charge is 2.36. The average Bonchev–Trinajstić information content (AvgIpc) is 3.25. The summed E-state index contributed by atoms with van der Waals surface area (Å²) >= 11 is 0. The minimum Gasteiger partial charge on any atom is -0.507 e. The van der Waals surface area contributed by atoms with Gasteiger partial charge in [-0.3, -0.25) is 14.6 Å². The van der Waals surface area contributed by atoms with Crippen molar-refractivity contribution in [2.75, 3.05) is 7.11 Å². The number of phenols is 2. The van der Waals surface area contributed by atoms with E-state index in [1.165, 1.54) is 38.3 Å². The zero-order chi connectivity index (χ0) is 25.4. The molecule has 1 aromatic heterocycles. The second-order valence-electron chi connectivity index (χ2n) is 8.36. The van der Waals surface area contributed by atoms with E-state index in [0.717, 1.165) is 0 Å². The third-order valence-corrected chi connectivity index (χ3v) is 6.25. The number of hydrogen-bond acceptors (Lipinski definition) is 8. The van der Waals surface area contributed by atoms with Gasteiger partial charge in [-0.15, -0.1) is 0 Å². The number of ether oxygens (including phenoxy) is 2. The third kappa shape index (κ3) is 4.19. The fourth-order valence-corrected chi connectivity index (χ4v) is 4.44. The van der Waals surface area contributed by atoms with Crippen molar-refractivity contribution in [2.45, 2.75) is 38.9 Å². The molecule has 1 aliphatic heterocycles. The summed E-state index contributed by atoms with van der Waals surface area (Å²) in [5.41, 5.74) is 1.04. The van der Waals surface area contributed by atoms with Crippen LogP contribution in [0.25, 0.3) is 0 Å². The molecule has 0 fully saturated rings. The Kier molecular flexibility index (Phi) is 6.45. The zero-order valence-corrected chi connectivity index (χ0v) is 19.3. The Balaban J connectivity index is 2.00. The quantitative estimate of drug-likeness (QED) is 0.354. The molecule has 0 saturated heterocycles. The van der Waals surface area contributed by atoms with E-state index >= 15 is 0 Å². The van der Waals surface area contributed by atoms with Crippen LogP contribution in [0.3, 0.4) is 0 Å². The summed E-state index contributed by atoms with van der Waals surface area (Å²) in [6, 6.07) is 6.91. The highest BCUT2D eigenvalue weighted by molar-refractivity contribution is 5.98. The molecule has 0 radical (unpaired) electrons. The van der Waals surface area contributed by atoms with Crippen molar-refractivity contribution in [3.63, 3.8) is 0 Å². The molecule has 2 aromatic carbocycles. The summed E-state index contributed by atoms with van der Waals surface area (Å²) in [4.78, 5) is 28.8. The van der Waals surface area contributed by atoms with Crippen LogP contribution in [-0.4, -0.2) is 39.2 Å². The molecule has 0 unspecified atom stereocenters. The lowest BCUT2D eigenvalue weighted by Gasteiger charge is -2.24. The number of benzene rings is 2. The Hall–Kier alpha value is -3.98. The van der Waals surface area contributed by atoms with E-state index in [4.69, 9.17) is 9.47 Å². The second-order valence-corrected chi connectivity index (χ2v) is 8.36. The van der Waals surface area contributed by atoms with Gasteiger partial charge in [0.2, 0.25) is 0 Å². The van der Waals surface area contributed by atoms with Crippen LogP contribution in [0.4, 0.5) is 4.39 Å². The minimum absolute atomic E-state index is 0.0192. The van der Waals surface area contributed by atoms with Crippen molar-refractivity contribution >= 4 is 11.8 Å². The molecule has 182 valence electrons. The number of fused-ring (bicyclic) bond motifs is 1. The zero-order valence-electron chi connectivity index (χ0n) is 19.3. The number of nitrogens with zero attached hydrogens (tertiary/aromatic N) is 1. The van der Waals surface area contributed by atoms with Crippen LogP contribution in [0.2, 0.25) is 0 Å². The highest BCUT2D eigenvalue weighted by Crippen LogP contribution is 2.50. The molecule has 9 heteroatoms. The van der Waals surface area contributed by atoms with Crippen molar-refractivity contribution in [2.24, 2.45) is 0 Å². The lowest BCUT2D eigenvalue weighted by Crippen LogP contribution is -2.14. The van der Waals surface area contributed by atoms with Gasteiger partial charge in [0.15, 0.2) is 5.78 Å². The first-order valence-electron chi connectivity index (χ1n) is 10.9. The summed E-state index contributed by atoms with van der Waals surface area (Å²) in [5.74, 6) is -4.28. The maximum Gasteiger partial charge on any atom is 0.306 e. The van der Waals surface area contributed by atoms with Crippen LogP contribution in [0.15, 0.2) is 36.5 Å². The molecule has 0 amide bonds. The summed E-state index contributed by atoms with van der Waals surface area (Å²) < 4.78 is 25.5. The number of esters is 1. The highest BCUT2D eigenvalue weighted by atomic mass is 19.1. The van der Waals surface area contributed by atoms with Gasteiger partial charge in [0, 0.05) is 34.4 Å². The maximum absolute atomic E-state index is 14.9. The van der Waals surface area contributed by atoms with Crippen LogP contribution >= 0.6 is 0 Å². The molecule has 4 rings (SSSR count). The second kappa shape index (κ2) is 9.34. The Labute approximate surface area is 200 Å². The summed E-state index contributed by atoms with van der Waals surface area (Å²) in [5, 5.41) is 33.1. The van der Waals surface area contributed by atoms with E-state index in [9.17, 15) is 29.3 Å². The first kappa shape index (κ1) is 24.2. The van der Waals surface area contributed by atoms with Crippen molar-refractivity contribution in [3.05, 3.63) is 81.4 Å². The van der Waals surface area contributed by atoms with E-state index in [1.54, 1.807) is 19.2 Å². The Morgan fingerprint density at radius 2 is 1.91 bits per heavy atom. The molecular formula is C26H24FNO7. The predicted molar refractivity (Wildman–Crippen MR) is 122 cm³/mol. The molecule has 0 aliphatic carbocycles. The van der Waals surface area contributed by atoms with E-state index < -0.39 is 47.5 Å². The van der Waals surface area contributed by atoms with Crippen LogP contribution in [0, 0.1) is 12.7 Å². The van der Waals surface area contributed by atoms with E-state index in [2.05, 4.69) is 4.98 Å². The van der Waals surface area contributed by atoms with E-state index in [1.807, 2.05) is 0 Å². The molecule has 2 heterocycles. The number of carbonyl (C=O) groups excluding carboxylic acids is 2. The number of halogens is 1. The molecule has 3 N–H and O–H groups in total. The van der Waals surface area contributed by atoms with Crippen LogP contribution in [-0.2, 0) is 20.9 Å². The number of pyridine rings is 1. The van der Waals surface area contributed by atoms with Gasteiger partial charge in [0.1, 0.15) is 29.2 Å². The topological polar surface area (TPSA) is 126 Å². The van der Waals surface area contributed by atoms with Gasteiger partial charge in [0.05, 0.1) is 31.4 Å². The monoisotopic (exact) mass is 481 g/mol. The van der Waals surface area contributed by atoms with Crippen molar-refractivity contribution in [1.82, 2.24) is 4.98 Å². The molecule has 2 atom stereocenters. The maximum atomic E-state index is 14.9. The Morgan fingerprint density at radius 3 is 2.57 bits per heavy atom. The van der Waals surface area contributed by atoms with Crippen molar-refractivity contribution < 1.29 is 38.8 Å². The largest absolute Gasteiger partial charge is 0.507 e. The number of aryl methyl sites for hydroxylation is 1. The SMILES string of the molecule is COC(=O)C[C@@H](c1ccccc1F)c1c(O)c(C(C)=O)cc([C@H]2OCc3cnc(C)c(O)c32)c1O.